The highest BCUT2D eigenvalue weighted by Gasteiger charge is 2.01. The van der Waals surface area contributed by atoms with E-state index >= 15 is 0 Å². The molecule has 0 radical (unpaired) electrons. The van der Waals surface area contributed by atoms with E-state index in [0.29, 0.717) is 6.42 Å². The number of benzene rings is 1. The Hall–Kier alpha value is -1.88. The lowest BCUT2D eigenvalue weighted by atomic mass is 10.1. The van der Waals surface area contributed by atoms with Crippen LogP contribution >= 0.6 is 0 Å². The van der Waals surface area contributed by atoms with Gasteiger partial charge < -0.3 is 5.11 Å². The molecule has 0 aromatic heterocycles. The number of hydrogen-bond acceptors (Lipinski definition) is 3. The van der Waals surface area contributed by atoms with Crippen molar-refractivity contribution in [1.82, 2.24) is 0 Å². The zero-order chi connectivity index (χ0) is 13.6. The molecule has 1 rings (SSSR count). The van der Waals surface area contributed by atoms with Gasteiger partial charge in [-0.2, -0.15) is 9.59 Å². The summed E-state index contributed by atoms with van der Waals surface area (Å²) in [6, 6.07) is 10.2. The molecule has 1 N–H and O–H groups in total. The standard InChI is InChI=1S/C14H18O.CO2/c1-2-3-5-10-14(15)12-11-13-8-6-4-7-9-13;2-1-3/h4,6-9,14-15H,2,10-12H2,1H3;/t14-;/m0./s1. The average molecular weight is 246 g/mol. The van der Waals surface area contributed by atoms with Gasteiger partial charge in [-0.1, -0.05) is 37.3 Å². The fraction of sp³-hybridized carbons (Fsp3) is 0.400. The Morgan fingerprint density at radius 2 is 1.78 bits per heavy atom. The molecule has 0 heterocycles. The Morgan fingerprint density at radius 3 is 2.33 bits per heavy atom. The smallest absolute Gasteiger partial charge is 0.373 e. The van der Waals surface area contributed by atoms with Gasteiger partial charge in [0.05, 0.1) is 6.10 Å². The zero-order valence-electron chi connectivity index (χ0n) is 10.6. The van der Waals surface area contributed by atoms with Crippen molar-refractivity contribution in [3.05, 3.63) is 35.9 Å². The molecule has 1 aromatic rings. The van der Waals surface area contributed by atoms with E-state index < -0.39 is 0 Å². The van der Waals surface area contributed by atoms with Crippen LogP contribution in [0.25, 0.3) is 0 Å². The van der Waals surface area contributed by atoms with Crippen molar-refractivity contribution in [2.45, 2.75) is 38.7 Å². The molecule has 0 fully saturated rings. The van der Waals surface area contributed by atoms with E-state index in [0.717, 1.165) is 19.3 Å². The molecule has 0 saturated heterocycles. The van der Waals surface area contributed by atoms with Crippen molar-refractivity contribution >= 4 is 6.15 Å². The number of aliphatic hydroxyl groups is 1. The van der Waals surface area contributed by atoms with E-state index in [-0.39, 0.29) is 12.3 Å². The topological polar surface area (TPSA) is 54.4 Å². The first kappa shape index (κ1) is 16.1. The second-order valence-corrected chi connectivity index (χ2v) is 3.67. The molecule has 0 aliphatic carbocycles. The highest BCUT2D eigenvalue weighted by molar-refractivity contribution is 5.20. The molecule has 1 atom stereocenters. The summed E-state index contributed by atoms with van der Waals surface area (Å²) in [5.41, 5.74) is 1.28. The van der Waals surface area contributed by atoms with Gasteiger partial charge in [-0.05, 0) is 18.4 Å². The molecule has 0 amide bonds. The number of aliphatic hydroxyl groups excluding tert-OH is 1. The van der Waals surface area contributed by atoms with E-state index in [2.05, 4.69) is 24.0 Å². The van der Waals surface area contributed by atoms with Crippen LogP contribution in [0.3, 0.4) is 0 Å². The third-order valence-electron chi connectivity index (χ3n) is 2.25. The molecule has 96 valence electrons. The van der Waals surface area contributed by atoms with Gasteiger partial charge in [0.2, 0.25) is 0 Å². The van der Waals surface area contributed by atoms with Crippen LogP contribution in [-0.4, -0.2) is 17.4 Å². The third-order valence-corrected chi connectivity index (χ3v) is 2.25. The first-order chi connectivity index (χ1) is 8.74. The highest BCUT2D eigenvalue weighted by atomic mass is 16.3. The molecule has 3 nitrogen and oxygen atoms in total. The predicted molar refractivity (Wildman–Crippen MR) is 68.5 cm³/mol. The molecule has 3 heteroatoms. The van der Waals surface area contributed by atoms with Crippen molar-refractivity contribution in [1.29, 1.82) is 0 Å². The minimum Gasteiger partial charge on any atom is -0.392 e. The van der Waals surface area contributed by atoms with E-state index in [4.69, 9.17) is 9.59 Å². The quantitative estimate of drug-likeness (QED) is 0.829. The van der Waals surface area contributed by atoms with Gasteiger partial charge in [0.15, 0.2) is 0 Å². The predicted octanol–water partition coefficient (Wildman–Crippen LogP) is 2.20. The van der Waals surface area contributed by atoms with Crippen LogP contribution in [0.1, 0.15) is 31.7 Å². The number of carbonyl (C=O) groups excluding carboxylic acids is 2. The lowest BCUT2D eigenvalue weighted by Crippen LogP contribution is -2.06. The Balaban J connectivity index is 0.000000873. The van der Waals surface area contributed by atoms with Crippen LogP contribution in [0.15, 0.2) is 30.3 Å². The Labute approximate surface area is 108 Å². The van der Waals surface area contributed by atoms with E-state index in [1.807, 2.05) is 25.1 Å². The first-order valence-electron chi connectivity index (χ1n) is 5.91. The summed E-state index contributed by atoms with van der Waals surface area (Å²) in [6.07, 6.45) is 3.15. The maximum Gasteiger partial charge on any atom is 0.373 e. The van der Waals surface area contributed by atoms with Crippen molar-refractivity contribution < 1.29 is 14.7 Å². The summed E-state index contributed by atoms with van der Waals surface area (Å²) in [6.45, 7) is 2.02. The minimum absolute atomic E-state index is 0.250. The fourth-order valence-corrected chi connectivity index (χ4v) is 1.39. The second-order valence-electron chi connectivity index (χ2n) is 3.67. The van der Waals surface area contributed by atoms with Crippen LogP contribution in [0.2, 0.25) is 0 Å². The second kappa shape index (κ2) is 11.6. The van der Waals surface area contributed by atoms with E-state index in [1.54, 1.807) is 0 Å². The molecule has 0 aliphatic rings. The van der Waals surface area contributed by atoms with Crippen LogP contribution in [-0.2, 0) is 16.0 Å². The Kier molecular flexibility index (Phi) is 10.4. The van der Waals surface area contributed by atoms with Gasteiger partial charge in [0, 0.05) is 12.8 Å². The Bertz CT molecular complexity index is 395. The van der Waals surface area contributed by atoms with Gasteiger partial charge in [-0.15, -0.1) is 11.8 Å². The first-order valence-corrected chi connectivity index (χ1v) is 5.91. The molecule has 0 spiro atoms. The largest absolute Gasteiger partial charge is 0.392 e. The van der Waals surface area contributed by atoms with E-state index in [9.17, 15) is 5.11 Å². The van der Waals surface area contributed by atoms with Crippen molar-refractivity contribution in [3.8, 4) is 11.8 Å². The molecular formula is C15H18O3. The molecule has 0 saturated carbocycles. The summed E-state index contributed by atoms with van der Waals surface area (Å²) in [4.78, 5) is 16.2. The normalized spacial score (nSPS) is 10.1. The van der Waals surface area contributed by atoms with Crippen molar-refractivity contribution in [3.63, 3.8) is 0 Å². The summed E-state index contributed by atoms with van der Waals surface area (Å²) < 4.78 is 0. The maximum atomic E-state index is 9.63. The number of aryl methyl sites for hydroxylation is 1. The molecule has 18 heavy (non-hydrogen) atoms. The van der Waals surface area contributed by atoms with Gasteiger partial charge in [0.25, 0.3) is 0 Å². The van der Waals surface area contributed by atoms with Crippen LogP contribution < -0.4 is 0 Å². The zero-order valence-corrected chi connectivity index (χ0v) is 10.6. The number of hydrogen-bond donors (Lipinski definition) is 1. The molecule has 1 aromatic carbocycles. The summed E-state index contributed by atoms with van der Waals surface area (Å²) >= 11 is 0. The lowest BCUT2D eigenvalue weighted by molar-refractivity contribution is -0.191. The van der Waals surface area contributed by atoms with Crippen molar-refractivity contribution in [2.24, 2.45) is 0 Å². The highest BCUT2D eigenvalue weighted by Crippen LogP contribution is 2.06. The Morgan fingerprint density at radius 1 is 1.17 bits per heavy atom. The van der Waals surface area contributed by atoms with Gasteiger partial charge in [0.1, 0.15) is 0 Å². The van der Waals surface area contributed by atoms with Crippen LogP contribution in [0, 0.1) is 11.8 Å². The number of rotatable bonds is 4. The fourth-order valence-electron chi connectivity index (χ4n) is 1.39. The molecule has 0 unspecified atom stereocenters. The lowest BCUT2D eigenvalue weighted by Gasteiger charge is -2.06. The average Bonchev–Trinajstić information content (AvgIpc) is 2.39. The molecule has 0 bridgehead atoms. The minimum atomic E-state index is -0.288. The molecule has 0 aliphatic heterocycles. The van der Waals surface area contributed by atoms with E-state index in [1.165, 1.54) is 5.56 Å². The van der Waals surface area contributed by atoms with Gasteiger partial charge in [-0.25, -0.2) is 0 Å². The van der Waals surface area contributed by atoms with Crippen LogP contribution in [0.4, 0.5) is 0 Å². The molecular weight excluding hydrogens is 228 g/mol. The van der Waals surface area contributed by atoms with Gasteiger partial charge in [-0.3, -0.25) is 0 Å². The van der Waals surface area contributed by atoms with Crippen LogP contribution in [0.5, 0.6) is 0 Å². The SMILES string of the molecule is CCC#CC[C@H](O)CCc1ccccc1.O=C=O. The summed E-state index contributed by atoms with van der Waals surface area (Å²) in [5.74, 6) is 5.94. The van der Waals surface area contributed by atoms with Gasteiger partial charge >= 0.3 is 6.15 Å². The monoisotopic (exact) mass is 246 g/mol. The summed E-state index contributed by atoms with van der Waals surface area (Å²) in [7, 11) is 0. The third kappa shape index (κ3) is 9.35. The summed E-state index contributed by atoms with van der Waals surface area (Å²) in [5, 5.41) is 9.63. The maximum absolute atomic E-state index is 9.63. The van der Waals surface area contributed by atoms with Crippen molar-refractivity contribution in [2.75, 3.05) is 0 Å².